The van der Waals surface area contributed by atoms with Crippen LogP contribution >= 0.6 is 0 Å². The van der Waals surface area contributed by atoms with Crippen LogP contribution in [0.3, 0.4) is 0 Å². The molecule has 0 bridgehead atoms. The standard InChI is InChI=1S/C11H22O5/c1-3-4-5-7-9(12)11(14)10(13)8(16-7)6-15-2/h7-14H,3-6H2,1-2H3. The SMILES string of the molecule is CCCCC1OC(COC)C(O)C(O)C1O. The van der Waals surface area contributed by atoms with Gasteiger partial charge in [0, 0.05) is 7.11 Å². The molecule has 0 radical (unpaired) electrons. The fraction of sp³-hybridized carbons (Fsp3) is 1.00. The second-order valence-corrected chi connectivity index (χ2v) is 4.28. The first-order valence-electron chi connectivity index (χ1n) is 5.80. The van der Waals surface area contributed by atoms with Gasteiger partial charge in [-0.1, -0.05) is 19.8 Å². The van der Waals surface area contributed by atoms with Crippen molar-refractivity contribution in [3.05, 3.63) is 0 Å². The van der Waals surface area contributed by atoms with Crippen LogP contribution in [0, 0.1) is 0 Å². The van der Waals surface area contributed by atoms with Crippen molar-refractivity contribution in [3.8, 4) is 0 Å². The molecule has 1 aliphatic heterocycles. The zero-order valence-corrected chi connectivity index (χ0v) is 9.87. The fourth-order valence-electron chi connectivity index (χ4n) is 1.97. The summed E-state index contributed by atoms with van der Waals surface area (Å²) in [6.07, 6.45) is -1.64. The highest BCUT2D eigenvalue weighted by Crippen LogP contribution is 2.24. The molecule has 0 aromatic heterocycles. The highest BCUT2D eigenvalue weighted by molar-refractivity contribution is 4.91. The van der Waals surface area contributed by atoms with E-state index in [1.165, 1.54) is 7.11 Å². The van der Waals surface area contributed by atoms with Gasteiger partial charge in [0.05, 0.1) is 12.7 Å². The predicted molar refractivity (Wildman–Crippen MR) is 58.1 cm³/mol. The molecule has 0 aromatic rings. The van der Waals surface area contributed by atoms with Crippen molar-refractivity contribution in [1.82, 2.24) is 0 Å². The zero-order chi connectivity index (χ0) is 12.1. The van der Waals surface area contributed by atoms with Crippen LogP contribution in [0.1, 0.15) is 26.2 Å². The largest absolute Gasteiger partial charge is 0.388 e. The van der Waals surface area contributed by atoms with Gasteiger partial charge < -0.3 is 24.8 Å². The van der Waals surface area contributed by atoms with E-state index in [2.05, 4.69) is 0 Å². The fourth-order valence-corrected chi connectivity index (χ4v) is 1.97. The smallest absolute Gasteiger partial charge is 0.111 e. The molecule has 5 atom stereocenters. The van der Waals surface area contributed by atoms with Crippen LogP contribution in [0.5, 0.6) is 0 Å². The molecule has 96 valence electrons. The van der Waals surface area contributed by atoms with E-state index in [0.717, 1.165) is 12.8 Å². The minimum absolute atomic E-state index is 0.216. The maximum absolute atomic E-state index is 9.74. The number of ether oxygens (including phenoxy) is 2. The molecule has 0 saturated carbocycles. The monoisotopic (exact) mass is 234 g/mol. The van der Waals surface area contributed by atoms with Crippen molar-refractivity contribution in [3.63, 3.8) is 0 Å². The Morgan fingerprint density at radius 1 is 1.06 bits per heavy atom. The summed E-state index contributed by atoms with van der Waals surface area (Å²) in [5.41, 5.74) is 0. The number of methoxy groups -OCH3 is 1. The summed E-state index contributed by atoms with van der Waals surface area (Å²) >= 11 is 0. The average molecular weight is 234 g/mol. The Morgan fingerprint density at radius 2 is 1.69 bits per heavy atom. The van der Waals surface area contributed by atoms with Gasteiger partial charge >= 0.3 is 0 Å². The summed E-state index contributed by atoms with van der Waals surface area (Å²) in [5, 5.41) is 29.1. The summed E-state index contributed by atoms with van der Waals surface area (Å²) in [6.45, 7) is 2.26. The Hall–Kier alpha value is -0.200. The number of rotatable bonds is 5. The van der Waals surface area contributed by atoms with Gasteiger partial charge in [0.2, 0.25) is 0 Å². The third-order valence-corrected chi connectivity index (χ3v) is 2.98. The Labute approximate surface area is 96.0 Å². The van der Waals surface area contributed by atoms with Crippen LogP contribution in [-0.4, -0.2) is 59.6 Å². The maximum atomic E-state index is 9.74. The van der Waals surface area contributed by atoms with E-state index in [9.17, 15) is 15.3 Å². The Morgan fingerprint density at radius 3 is 2.25 bits per heavy atom. The molecule has 0 aliphatic carbocycles. The summed E-state index contributed by atoms with van der Waals surface area (Å²) in [7, 11) is 1.51. The van der Waals surface area contributed by atoms with E-state index < -0.39 is 30.5 Å². The minimum atomic E-state index is -1.16. The van der Waals surface area contributed by atoms with Crippen molar-refractivity contribution in [2.45, 2.75) is 56.7 Å². The first kappa shape index (κ1) is 13.9. The molecule has 3 N–H and O–H groups in total. The van der Waals surface area contributed by atoms with Crippen LogP contribution in [0.25, 0.3) is 0 Å². The lowest BCUT2D eigenvalue weighted by atomic mass is 9.92. The highest BCUT2D eigenvalue weighted by Gasteiger charge is 2.42. The van der Waals surface area contributed by atoms with Crippen molar-refractivity contribution in [2.24, 2.45) is 0 Å². The molecular weight excluding hydrogens is 212 g/mol. The third kappa shape index (κ3) is 3.15. The summed E-state index contributed by atoms with van der Waals surface area (Å²) < 4.78 is 10.4. The Bertz CT molecular complexity index is 197. The maximum Gasteiger partial charge on any atom is 0.111 e. The van der Waals surface area contributed by atoms with E-state index in [1.807, 2.05) is 6.92 Å². The molecule has 1 saturated heterocycles. The second-order valence-electron chi connectivity index (χ2n) is 4.28. The van der Waals surface area contributed by atoms with Gasteiger partial charge in [0.25, 0.3) is 0 Å². The first-order valence-corrected chi connectivity index (χ1v) is 5.80. The van der Waals surface area contributed by atoms with E-state index in [0.29, 0.717) is 6.42 Å². The van der Waals surface area contributed by atoms with E-state index >= 15 is 0 Å². The van der Waals surface area contributed by atoms with Gasteiger partial charge in [-0.2, -0.15) is 0 Å². The quantitative estimate of drug-likeness (QED) is 0.607. The Balaban J connectivity index is 2.57. The molecule has 5 heteroatoms. The van der Waals surface area contributed by atoms with Gasteiger partial charge in [-0.3, -0.25) is 0 Å². The second kappa shape index (κ2) is 6.51. The van der Waals surface area contributed by atoms with E-state index in [4.69, 9.17) is 9.47 Å². The molecule has 16 heavy (non-hydrogen) atoms. The molecule has 0 aromatic carbocycles. The lowest BCUT2D eigenvalue weighted by molar-refractivity contribution is -0.232. The number of hydrogen-bond donors (Lipinski definition) is 3. The molecule has 1 rings (SSSR count). The van der Waals surface area contributed by atoms with E-state index in [1.54, 1.807) is 0 Å². The van der Waals surface area contributed by atoms with Crippen LogP contribution < -0.4 is 0 Å². The summed E-state index contributed by atoms with van der Waals surface area (Å²) in [5.74, 6) is 0. The van der Waals surface area contributed by atoms with Crippen LogP contribution in [-0.2, 0) is 9.47 Å². The van der Waals surface area contributed by atoms with Gasteiger partial charge in [-0.05, 0) is 6.42 Å². The van der Waals surface area contributed by atoms with Gasteiger partial charge in [-0.15, -0.1) is 0 Å². The molecular formula is C11H22O5. The van der Waals surface area contributed by atoms with Crippen molar-refractivity contribution in [2.75, 3.05) is 13.7 Å². The predicted octanol–water partition coefficient (Wildman–Crippen LogP) is -0.327. The average Bonchev–Trinajstić information content (AvgIpc) is 2.28. The minimum Gasteiger partial charge on any atom is -0.388 e. The molecule has 1 fully saturated rings. The highest BCUT2D eigenvalue weighted by atomic mass is 16.6. The van der Waals surface area contributed by atoms with Crippen molar-refractivity contribution < 1.29 is 24.8 Å². The molecule has 0 spiro atoms. The van der Waals surface area contributed by atoms with Gasteiger partial charge in [0.1, 0.15) is 24.4 Å². The van der Waals surface area contributed by atoms with E-state index in [-0.39, 0.29) is 6.61 Å². The number of aliphatic hydroxyl groups is 3. The van der Waals surface area contributed by atoms with Gasteiger partial charge in [0.15, 0.2) is 0 Å². The molecule has 5 unspecified atom stereocenters. The topological polar surface area (TPSA) is 79.2 Å². The number of unbranched alkanes of at least 4 members (excludes halogenated alkanes) is 1. The lowest BCUT2D eigenvalue weighted by Crippen LogP contribution is -2.58. The van der Waals surface area contributed by atoms with Crippen LogP contribution in [0.15, 0.2) is 0 Å². The summed E-state index contributed by atoms with van der Waals surface area (Å²) in [6, 6.07) is 0. The Kier molecular flexibility index (Phi) is 5.64. The molecule has 1 aliphatic rings. The molecule has 5 nitrogen and oxygen atoms in total. The third-order valence-electron chi connectivity index (χ3n) is 2.98. The molecule has 1 heterocycles. The number of aliphatic hydroxyl groups excluding tert-OH is 3. The lowest BCUT2D eigenvalue weighted by Gasteiger charge is -2.40. The van der Waals surface area contributed by atoms with Crippen LogP contribution in [0.2, 0.25) is 0 Å². The molecule has 0 amide bonds. The first-order chi connectivity index (χ1) is 7.61. The number of hydrogen-bond acceptors (Lipinski definition) is 5. The zero-order valence-electron chi connectivity index (χ0n) is 9.87. The van der Waals surface area contributed by atoms with Crippen molar-refractivity contribution >= 4 is 0 Å². The summed E-state index contributed by atoms with van der Waals surface area (Å²) in [4.78, 5) is 0. The van der Waals surface area contributed by atoms with Crippen molar-refractivity contribution in [1.29, 1.82) is 0 Å². The normalized spacial score (nSPS) is 39.9. The van der Waals surface area contributed by atoms with Gasteiger partial charge in [-0.25, -0.2) is 0 Å². The van der Waals surface area contributed by atoms with Crippen LogP contribution in [0.4, 0.5) is 0 Å².